The van der Waals surface area contributed by atoms with E-state index in [0.717, 1.165) is 44.1 Å². The normalized spacial score (nSPS) is 13.1. The van der Waals surface area contributed by atoms with E-state index in [0.29, 0.717) is 6.54 Å². The van der Waals surface area contributed by atoms with Crippen molar-refractivity contribution in [1.82, 2.24) is 10.6 Å². The summed E-state index contributed by atoms with van der Waals surface area (Å²) in [7, 11) is 0. The Balaban J connectivity index is 1.70. The number of benzene rings is 1. The zero-order valence-corrected chi connectivity index (χ0v) is 11.3. The number of hydrogen-bond acceptors (Lipinski definition) is 4. The summed E-state index contributed by atoms with van der Waals surface area (Å²) in [5.74, 6) is 0.955. The third-order valence-corrected chi connectivity index (χ3v) is 2.99. The van der Waals surface area contributed by atoms with E-state index in [1.807, 2.05) is 6.07 Å². The average molecular weight is 263 g/mol. The van der Waals surface area contributed by atoms with Crippen LogP contribution in [0.15, 0.2) is 18.2 Å². The molecule has 0 aromatic heterocycles. The molecule has 104 valence electrons. The fourth-order valence-corrected chi connectivity index (χ4v) is 2.03. The van der Waals surface area contributed by atoms with Gasteiger partial charge in [0.2, 0.25) is 5.91 Å². The summed E-state index contributed by atoms with van der Waals surface area (Å²) in [5, 5.41) is 9.39. The molecule has 1 aromatic rings. The highest BCUT2D eigenvalue weighted by Gasteiger charge is 2.09. The summed E-state index contributed by atoms with van der Waals surface area (Å²) < 4.78 is 5.54. The molecular weight excluding hydrogens is 242 g/mol. The SMILES string of the molecule is CC(=O)NCCNCCc1ccc2c(c1)NCCO2. The molecule has 19 heavy (non-hydrogen) atoms. The van der Waals surface area contributed by atoms with Crippen molar-refractivity contribution in [2.75, 3.05) is 38.1 Å². The van der Waals surface area contributed by atoms with E-state index in [4.69, 9.17) is 4.74 Å². The first-order chi connectivity index (χ1) is 9.25. The van der Waals surface area contributed by atoms with E-state index in [-0.39, 0.29) is 5.91 Å². The third kappa shape index (κ3) is 4.44. The second-order valence-corrected chi connectivity index (χ2v) is 4.59. The van der Waals surface area contributed by atoms with Gasteiger partial charge in [-0.3, -0.25) is 4.79 Å². The minimum atomic E-state index is 0.0163. The Morgan fingerprint density at radius 1 is 1.37 bits per heavy atom. The molecular formula is C14H21N3O2. The third-order valence-electron chi connectivity index (χ3n) is 2.99. The first kappa shape index (κ1) is 13.7. The van der Waals surface area contributed by atoms with Gasteiger partial charge in [0.25, 0.3) is 0 Å². The van der Waals surface area contributed by atoms with Crippen molar-refractivity contribution in [3.8, 4) is 5.75 Å². The predicted molar refractivity (Wildman–Crippen MR) is 75.7 cm³/mol. The highest BCUT2D eigenvalue weighted by atomic mass is 16.5. The van der Waals surface area contributed by atoms with Gasteiger partial charge in [0, 0.05) is 26.6 Å². The maximum atomic E-state index is 10.7. The largest absolute Gasteiger partial charge is 0.490 e. The molecule has 1 aliphatic rings. The lowest BCUT2D eigenvalue weighted by molar-refractivity contribution is -0.118. The molecule has 0 fully saturated rings. The molecule has 1 aromatic carbocycles. The molecule has 1 amide bonds. The van der Waals surface area contributed by atoms with Gasteiger partial charge < -0.3 is 20.7 Å². The molecule has 3 N–H and O–H groups in total. The first-order valence-corrected chi connectivity index (χ1v) is 6.70. The van der Waals surface area contributed by atoms with Crippen LogP contribution in [0.3, 0.4) is 0 Å². The van der Waals surface area contributed by atoms with Crippen molar-refractivity contribution in [2.45, 2.75) is 13.3 Å². The lowest BCUT2D eigenvalue weighted by atomic mass is 10.1. The number of fused-ring (bicyclic) bond motifs is 1. The number of amides is 1. The van der Waals surface area contributed by atoms with Crippen LogP contribution in [0.25, 0.3) is 0 Å². The zero-order valence-electron chi connectivity index (χ0n) is 11.3. The fraction of sp³-hybridized carbons (Fsp3) is 0.500. The van der Waals surface area contributed by atoms with E-state index >= 15 is 0 Å². The molecule has 0 atom stereocenters. The molecule has 0 saturated carbocycles. The van der Waals surface area contributed by atoms with Crippen LogP contribution < -0.4 is 20.7 Å². The van der Waals surface area contributed by atoms with E-state index in [9.17, 15) is 4.79 Å². The van der Waals surface area contributed by atoms with E-state index in [2.05, 4.69) is 28.1 Å². The van der Waals surface area contributed by atoms with Crippen LogP contribution in [0, 0.1) is 0 Å². The van der Waals surface area contributed by atoms with E-state index in [1.54, 1.807) is 0 Å². The van der Waals surface area contributed by atoms with Crippen molar-refractivity contribution in [3.63, 3.8) is 0 Å². The first-order valence-electron chi connectivity index (χ1n) is 6.70. The molecule has 0 radical (unpaired) electrons. The van der Waals surface area contributed by atoms with Gasteiger partial charge in [0.15, 0.2) is 0 Å². The monoisotopic (exact) mass is 263 g/mol. The highest BCUT2D eigenvalue weighted by Crippen LogP contribution is 2.27. The summed E-state index contributed by atoms with van der Waals surface area (Å²) in [4.78, 5) is 10.7. The summed E-state index contributed by atoms with van der Waals surface area (Å²) in [6.45, 7) is 5.50. The van der Waals surface area contributed by atoms with Crippen molar-refractivity contribution in [2.24, 2.45) is 0 Å². The van der Waals surface area contributed by atoms with Gasteiger partial charge in [-0.15, -0.1) is 0 Å². The second kappa shape index (κ2) is 6.99. The highest BCUT2D eigenvalue weighted by molar-refractivity contribution is 5.72. The standard InChI is InChI=1S/C14H21N3O2/c1-11(18)16-7-6-15-5-4-12-2-3-14-13(10-12)17-8-9-19-14/h2-3,10,15,17H,4-9H2,1H3,(H,16,18). The Morgan fingerprint density at radius 3 is 3.11 bits per heavy atom. The Morgan fingerprint density at radius 2 is 2.26 bits per heavy atom. The van der Waals surface area contributed by atoms with Gasteiger partial charge >= 0.3 is 0 Å². The van der Waals surface area contributed by atoms with Gasteiger partial charge in [0.05, 0.1) is 5.69 Å². The number of carbonyl (C=O) groups is 1. The van der Waals surface area contributed by atoms with Gasteiger partial charge in [-0.1, -0.05) is 6.07 Å². The lowest BCUT2D eigenvalue weighted by Gasteiger charge is -2.19. The molecule has 1 heterocycles. The lowest BCUT2D eigenvalue weighted by Crippen LogP contribution is -2.31. The van der Waals surface area contributed by atoms with Gasteiger partial charge in [-0.2, -0.15) is 0 Å². The van der Waals surface area contributed by atoms with Crippen LogP contribution in [0.4, 0.5) is 5.69 Å². The summed E-state index contributed by atoms with van der Waals surface area (Å²) in [6.07, 6.45) is 0.967. The Bertz CT molecular complexity index is 435. The number of anilines is 1. The topological polar surface area (TPSA) is 62.4 Å². The van der Waals surface area contributed by atoms with Crippen molar-refractivity contribution in [3.05, 3.63) is 23.8 Å². The van der Waals surface area contributed by atoms with Gasteiger partial charge in [-0.25, -0.2) is 0 Å². The maximum absolute atomic E-state index is 10.7. The smallest absolute Gasteiger partial charge is 0.216 e. The van der Waals surface area contributed by atoms with Crippen molar-refractivity contribution in [1.29, 1.82) is 0 Å². The van der Waals surface area contributed by atoms with Crippen LogP contribution in [0.1, 0.15) is 12.5 Å². The Hall–Kier alpha value is -1.75. The quantitative estimate of drug-likeness (QED) is 0.663. The van der Waals surface area contributed by atoms with Crippen LogP contribution in [0.2, 0.25) is 0 Å². The Labute approximate surface area is 113 Å². The van der Waals surface area contributed by atoms with Crippen LogP contribution in [-0.2, 0) is 11.2 Å². The maximum Gasteiger partial charge on any atom is 0.216 e. The molecule has 5 heteroatoms. The van der Waals surface area contributed by atoms with Gasteiger partial charge in [-0.05, 0) is 30.7 Å². The molecule has 0 unspecified atom stereocenters. The molecule has 0 bridgehead atoms. The van der Waals surface area contributed by atoms with E-state index < -0.39 is 0 Å². The second-order valence-electron chi connectivity index (χ2n) is 4.59. The fourth-order valence-electron chi connectivity index (χ4n) is 2.03. The summed E-state index contributed by atoms with van der Waals surface area (Å²) >= 11 is 0. The summed E-state index contributed by atoms with van der Waals surface area (Å²) in [5.41, 5.74) is 2.37. The summed E-state index contributed by atoms with van der Waals surface area (Å²) in [6, 6.07) is 6.26. The number of rotatable bonds is 6. The van der Waals surface area contributed by atoms with Crippen LogP contribution in [0.5, 0.6) is 5.75 Å². The minimum Gasteiger partial charge on any atom is -0.490 e. The molecule has 0 aliphatic carbocycles. The molecule has 0 saturated heterocycles. The minimum absolute atomic E-state index is 0.0163. The number of carbonyl (C=O) groups excluding carboxylic acids is 1. The average Bonchev–Trinajstić information content (AvgIpc) is 2.42. The molecule has 0 spiro atoms. The van der Waals surface area contributed by atoms with Crippen LogP contribution >= 0.6 is 0 Å². The number of hydrogen-bond donors (Lipinski definition) is 3. The zero-order chi connectivity index (χ0) is 13.5. The van der Waals surface area contributed by atoms with Crippen LogP contribution in [-0.4, -0.2) is 38.7 Å². The number of nitrogens with one attached hydrogen (secondary N) is 3. The van der Waals surface area contributed by atoms with Crippen molar-refractivity contribution >= 4 is 11.6 Å². The molecule has 2 rings (SSSR count). The number of ether oxygens (including phenoxy) is 1. The Kier molecular flexibility index (Phi) is 5.03. The van der Waals surface area contributed by atoms with Gasteiger partial charge in [0.1, 0.15) is 12.4 Å². The molecule has 5 nitrogen and oxygen atoms in total. The van der Waals surface area contributed by atoms with Crippen molar-refractivity contribution < 1.29 is 9.53 Å². The van der Waals surface area contributed by atoms with E-state index in [1.165, 1.54) is 12.5 Å². The predicted octanol–water partition coefficient (Wildman–Crippen LogP) is 0.759. The molecule has 1 aliphatic heterocycles.